The van der Waals surface area contributed by atoms with Crippen LogP contribution in [0.15, 0.2) is 53.9 Å². The number of hydrogen-bond donors (Lipinski definition) is 2. The topological polar surface area (TPSA) is 58.2 Å². The number of benzene rings is 2. The Morgan fingerprint density at radius 3 is 2.35 bits per heavy atom. The predicted molar refractivity (Wildman–Crippen MR) is 108 cm³/mol. The molecule has 0 aliphatic rings. The molecule has 2 amide bonds. The summed E-state index contributed by atoms with van der Waals surface area (Å²) in [6, 6.07) is 12.9. The molecule has 0 saturated heterocycles. The Bertz CT molecular complexity index is 975. The Hall–Kier alpha value is -2.05. The van der Waals surface area contributed by atoms with Gasteiger partial charge in [-0.25, -0.2) is 0 Å². The zero-order chi connectivity index (χ0) is 18.7. The molecule has 4 nitrogen and oxygen atoms in total. The van der Waals surface area contributed by atoms with Gasteiger partial charge in [-0.1, -0.05) is 40.9 Å². The second-order valence-electron chi connectivity index (χ2n) is 5.20. The third-order valence-electron chi connectivity index (χ3n) is 3.39. The molecule has 2 aromatic carbocycles. The molecule has 0 radical (unpaired) electrons. The third-order valence-corrected chi connectivity index (χ3v) is 5.14. The maximum Gasteiger partial charge on any atom is 0.265 e. The van der Waals surface area contributed by atoms with Crippen LogP contribution in [0.5, 0.6) is 0 Å². The molecule has 132 valence electrons. The number of carbonyl (C=O) groups is 2. The maximum absolute atomic E-state index is 12.4. The number of anilines is 2. The Kier molecular flexibility index (Phi) is 5.84. The molecule has 3 rings (SSSR count). The Labute approximate surface area is 168 Å². The van der Waals surface area contributed by atoms with Crippen molar-refractivity contribution in [1.82, 2.24) is 0 Å². The van der Waals surface area contributed by atoms with Crippen molar-refractivity contribution in [2.75, 3.05) is 10.6 Å². The highest BCUT2D eigenvalue weighted by Gasteiger charge is 2.14. The first kappa shape index (κ1) is 18.7. The molecule has 0 spiro atoms. The van der Waals surface area contributed by atoms with Crippen molar-refractivity contribution >= 4 is 69.3 Å². The summed E-state index contributed by atoms with van der Waals surface area (Å²) in [5.41, 5.74) is 1.12. The molecule has 1 aromatic heterocycles. The van der Waals surface area contributed by atoms with Gasteiger partial charge in [0.05, 0.1) is 26.2 Å². The van der Waals surface area contributed by atoms with Gasteiger partial charge in [-0.05, 0) is 47.8 Å². The average Bonchev–Trinajstić information content (AvgIpc) is 3.12. The first-order chi connectivity index (χ1) is 12.4. The predicted octanol–water partition coefficient (Wildman–Crippen LogP) is 6.21. The van der Waals surface area contributed by atoms with E-state index in [-0.39, 0.29) is 16.5 Å². The van der Waals surface area contributed by atoms with Gasteiger partial charge >= 0.3 is 0 Å². The van der Waals surface area contributed by atoms with Crippen LogP contribution in [0.25, 0.3) is 0 Å². The minimum absolute atomic E-state index is 0.230. The van der Waals surface area contributed by atoms with E-state index in [0.29, 0.717) is 26.3 Å². The van der Waals surface area contributed by atoms with Crippen LogP contribution < -0.4 is 10.6 Å². The maximum atomic E-state index is 12.4. The van der Waals surface area contributed by atoms with Crippen molar-refractivity contribution in [3.63, 3.8) is 0 Å². The van der Waals surface area contributed by atoms with Crippen LogP contribution >= 0.6 is 46.1 Å². The highest BCUT2D eigenvalue weighted by Crippen LogP contribution is 2.28. The largest absolute Gasteiger partial charge is 0.321 e. The van der Waals surface area contributed by atoms with Crippen molar-refractivity contribution < 1.29 is 9.59 Å². The van der Waals surface area contributed by atoms with Crippen molar-refractivity contribution in [2.24, 2.45) is 0 Å². The van der Waals surface area contributed by atoms with Crippen LogP contribution in [-0.2, 0) is 0 Å². The molecule has 26 heavy (non-hydrogen) atoms. The molecule has 3 aromatic rings. The number of amides is 2. The second-order valence-corrected chi connectivity index (χ2v) is 7.40. The molecule has 0 aliphatic carbocycles. The fraction of sp³-hybridized carbons (Fsp3) is 0. The highest BCUT2D eigenvalue weighted by atomic mass is 35.5. The van der Waals surface area contributed by atoms with Gasteiger partial charge in [-0.15, -0.1) is 11.3 Å². The van der Waals surface area contributed by atoms with E-state index >= 15 is 0 Å². The van der Waals surface area contributed by atoms with Crippen LogP contribution in [-0.4, -0.2) is 11.8 Å². The van der Waals surface area contributed by atoms with E-state index in [4.69, 9.17) is 34.8 Å². The van der Waals surface area contributed by atoms with Gasteiger partial charge in [0.2, 0.25) is 0 Å². The summed E-state index contributed by atoms with van der Waals surface area (Å²) in [5.74, 6) is -0.671. The van der Waals surface area contributed by atoms with E-state index in [1.807, 2.05) is 5.38 Å². The van der Waals surface area contributed by atoms with Gasteiger partial charge in [0, 0.05) is 10.7 Å². The molecule has 0 fully saturated rings. The minimum atomic E-state index is -0.435. The number of hydrogen-bond acceptors (Lipinski definition) is 3. The summed E-state index contributed by atoms with van der Waals surface area (Å²) >= 11 is 19.4. The normalized spacial score (nSPS) is 10.4. The van der Waals surface area contributed by atoms with Gasteiger partial charge in [-0.2, -0.15) is 0 Å². The van der Waals surface area contributed by atoms with Gasteiger partial charge in [0.15, 0.2) is 0 Å². The molecule has 0 atom stereocenters. The SMILES string of the molecule is O=C(Nc1ccc(Cl)c(NC(=O)c2ccc(Cl)cc2Cl)c1)c1cccs1. The van der Waals surface area contributed by atoms with Crippen molar-refractivity contribution in [3.05, 3.63) is 79.4 Å². The Morgan fingerprint density at radius 2 is 1.65 bits per heavy atom. The summed E-state index contributed by atoms with van der Waals surface area (Å²) < 4.78 is 0. The quantitative estimate of drug-likeness (QED) is 0.522. The van der Waals surface area contributed by atoms with E-state index in [1.54, 1.807) is 36.4 Å². The monoisotopic (exact) mass is 424 g/mol. The summed E-state index contributed by atoms with van der Waals surface area (Å²) in [4.78, 5) is 25.2. The molecule has 0 aliphatic heterocycles. The van der Waals surface area contributed by atoms with E-state index in [0.717, 1.165) is 0 Å². The Morgan fingerprint density at radius 1 is 0.846 bits per heavy atom. The van der Waals surface area contributed by atoms with Crippen molar-refractivity contribution in [1.29, 1.82) is 0 Å². The van der Waals surface area contributed by atoms with Crippen LogP contribution in [0.4, 0.5) is 11.4 Å². The van der Waals surface area contributed by atoms with Gasteiger partial charge < -0.3 is 10.6 Å². The zero-order valence-electron chi connectivity index (χ0n) is 13.1. The molecular formula is C18H11Cl3N2O2S. The molecular weight excluding hydrogens is 415 g/mol. The second kappa shape index (κ2) is 8.10. The number of carbonyl (C=O) groups excluding carboxylic acids is 2. The molecule has 8 heteroatoms. The average molecular weight is 426 g/mol. The number of nitrogens with one attached hydrogen (secondary N) is 2. The van der Waals surface area contributed by atoms with E-state index in [9.17, 15) is 9.59 Å². The number of thiophene rings is 1. The van der Waals surface area contributed by atoms with E-state index < -0.39 is 5.91 Å². The summed E-state index contributed by atoms with van der Waals surface area (Å²) in [7, 11) is 0. The lowest BCUT2D eigenvalue weighted by Crippen LogP contribution is -2.14. The number of halogens is 3. The Balaban J connectivity index is 1.79. The smallest absolute Gasteiger partial charge is 0.265 e. The van der Waals surface area contributed by atoms with Gasteiger partial charge in [-0.3, -0.25) is 9.59 Å². The lowest BCUT2D eigenvalue weighted by atomic mass is 10.2. The molecule has 1 heterocycles. The van der Waals surface area contributed by atoms with E-state index in [2.05, 4.69) is 10.6 Å². The highest BCUT2D eigenvalue weighted by molar-refractivity contribution is 7.12. The van der Waals surface area contributed by atoms with Crippen LogP contribution in [0.3, 0.4) is 0 Å². The summed E-state index contributed by atoms with van der Waals surface area (Å²) in [6.07, 6.45) is 0. The molecule has 2 N–H and O–H groups in total. The first-order valence-corrected chi connectivity index (χ1v) is 9.36. The zero-order valence-corrected chi connectivity index (χ0v) is 16.1. The first-order valence-electron chi connectivity index (χ1n) is 7.35. The summed E-state index contributed by atoms with van der Waals surface area (Å²) in [6.45, 7) is 0. The minimum Gasteiger partial charge on any atom is -0.321 e. The third kappa shape index (κ3) is 4.37. The van der Waals surface area contributed by atoms with Gasteiger partial charge in [0.25, 0.3) is 11.8 Å². The lowest BCUT2D eigenvalue weighted by molar-refractivity contribution is 0.102. The van der Waals surface area contributed by atoms with Crippen molar-refractivity contribution in [3.8, 4) is 0 Å². The molecule has 0 saturated carbocycles. The fourth-order valence-corrected chi connectivity index (χ4v) is 3.44. The number of rotatable bonds is 4. The molecule has 0 unspecified atom stereocenters. The van der Waals surface area contributed by atoms with Gasteiger partial charge in [0.1, 0.15) is 0 Å². The standard InChI is InChI=1S/C18H11Cl3N2O2S/c19-10-3-5-12(14(21)8-10)17(24)23-15-9-11(4-6-13(15)20)22-18(25)16-2-1-7-26-16/h1-9H,(H,22,25)(H,23,24). The fourth-order valence-electron chi connectivity index (χ4n) is 2.16. The van der Waals surface area contributed by atoms with Crippen LogP contribution in [0, 0.1) is 0 Å². The summed E-state index contributed by atoms with van der Waals surface area (Å²) in [5, 5.41) is 8.26. The lowest BCUT2D eigenvalue weighted by Gasteiger charge is -2.11. The molecule has 0 bridgehead atoms. The van der Waals surface area contributed by atoms with E-state index in [1.165, 1.54) is 23.5 Å². The van der Waals surface area contributed by atoms with Crippen LogP contribution in [0.2, 0.25) is 15.1 Å². The van der Waals surface area contributed by atoms with Crippen LogP contribution in [0.1, 0.15) is 20.0 Å². The van der Waals surface area contributed by atoms with Crippen molar-refractivity contribution in [2.45, 2.75) is 0 Å².